The van der Waals surface area contributed by atoms with Crippen LogP contribution in [0.15, 0.2) is 12.1 Å². The molecular formula is C11H15NO3. The van der Waals surface area contributed by atoms with Gasteiger partial charge in [-0.15, -0.1) is 0 Å². The molecule has 4 nitrogen and oxygen atoms in total. The Balaban J connectivity index is 2.92. The number of aromatic hydroxyl groups is 1. The number of hydrogen-bond donors (Lipinski definition) is 3. The summed E-state index contributed by atoms with van der Waals surface area (Å²) < 4.78 is 0. The van der Waals surface area contributed by atoms with Gasteiger partial charge in [0.2, 0.25) is 0 Å². The zero-order valence-electron chi connectivity index (χ0n) is 8.82. The van der Waals surface area contributed by atoms with Gasteiger partial charge < -0.3 is 15.9 Å². The number of nitrogens with two attached hydrogens (primary N) is 1. The minimum Gasteiger partial charge on any atom is -0.508 e. The van der Waals surface area contributed by atoms with E-state index in [1.165, 1.54) is 0 Å². The van der Waals surface area contributed by atoms with Gasteiger partial charge in [-0.25, -0.2) is 0 Å². The van der Waals surface area contributed by atoms with E-state index in [2.05, 4.69) is 0 Å². The molecular weight excluding hydrogens is 194 g/mol. The Labute approximate surface area is 88.3 Å². The number of aryl methyl sites for hydroxylation is 1. The molecule has 4 N–H and O–H groups in total. The highest BCUT2D eigenvalue weighted by Gasteiger charge is 2.13. The van der Waals surface area contributed by atoms with E-state index in [0.29, 0.717) is 0 Å². The maximum absolute atomic E-state index is 10.6. The molecule has 0 aromatic heterocycles. The largest absolute Gasteiger partial charge is 0.508 e. The Hall–Kier alpha value is -1.55. The third-order valence-corrected chi connectivity index (χ3v) is 2.47. The third kappa shape index (κ3) is 2.70. The molecule has 0 saturated carbocycles. The number of benzene rings is 1. The number of hydrogen-bond acceptors (Lipinski definition) is 3. The summed E-state index contributed by atoms with van der Waals surface area (Å²) in [5.41, 5.74) is 7.89. The van der Waals surface area contributed by atoms with Gasteiger partial charge >= 0.3 is 5.97 Å². The normalized spacial score (nSPS) is 12.5. The van der Waals surface area contributed by atoms with Gasteiger partial charge in [0.1, 0.15) is 11.8 Å². The first-order valence-corrected chi connectivity index (χ1v) is 4.69. The van der Waals surface area contributed by atoms with E-state index >= 15 is 0 Å². The van der Waals surface area contributed by atoms with Crippen LogP contribution in [0.25, 0.3) is 0 Å². The summed E-state index contributed by atoms with van der Waals surface area (Å²) >= 11 is 0. The van der Waals surface area contributed by atoms with Gasteiger partial charge in [-0.3, -0.25) is 4.79 Å². The van der Waals surface area contributed by atoms with Crippen LogP contribution in [0, 0.1) is 13.8 Å². The molecule has 1 atom stereocenters. The van der Waals surface area contributed by atoms with E-state index < -0.39 is 12.0 Å². The molecule has 0 amide bonds. The average Bonchev–Trinajstić information content (AvgIpc) is 2.13. The Kier molecular flexibility index (Phi) is 3.31. The minimum atomic E-state index is -1.03. The summed E-state index contributed by atoms with van der Waals surface area (Å²) in [5, 5.41) is 18.2. The van der Waals surface area contributed by atoms with Crippen LogP contribution >= 0.6 is 0 Å². The molecule has 1 rings (SSSR count). The second-order valence-electron chi connectivity index (χ2n) is 3.71. The molecule has 0 spiro atoms. The van der Waals surface area contributed by atoms with E-state index in [4.69, 9.17) is 10.8 Å². The number of carboxylic acids is 1. The van der Waals surface area contributed by atoms with Crippen molar-refractivity contribution < 1.29 is 15.0 Å². The van der Waals surface area contributed by atoms with E-state index in [9.17, 15) is 9.90 Å². The topological polar surface area (TPSA) is 83.6 Å². The molecule has 0 aliphatic carbocycles. The van der Waals surface area contributed by atoms with Crippen LogP contribution in [0.1, 0.15) is 16.7 Å². The van der Waals surface area contributed by atoms with Crippen LogP contribution < -0.4 is 5.73 Å². The van der Waals surface area contributed by atoms with Gasteiger partial charge in [-0.05, 0) is 43.0 Å². The summed E-state index contributed by atoms with van der Waals surface area (Å²) in [6.07, 6.45) is 0.226. The highest BCUT2D eigenvalue weighted by atomic mass is 16.4. The van der Waals surface area contributed by atoms with Crippen molar-refractivity contribution >= 4 is 5.97 Å². The highest BCUT2D eigenvalue weighted by molar-refractivity contribution is 5.73. The Morgan fingerprint density at radius 3 is 2.53 bits per heavy atom. The zero-order valence-corrected chi connectivity index (χ0v) is 8.82. The summed E-state index contributed by atoms with van der Waals surface area (Å²) in [7, 11) is 0. The fraction of sp³-hybridized carbons (Fsp3) is 0.364. The van der Waals surface area contributed by atoms with E-state index in [0.717, 1.165) is 16.7 Å². The second-order valence-corrected chi connectivity index (χ2v) is 3.71. The van der Waals surface area contributed by atoms with Crippen LogP contribution in [-0.2, 0) is 11.2 Å². The molecule has 0 aliphatic rings. The number of carbonyl (C=O) groups is 1. The number of phenolic OH excluding ortho intramolecular Hbond substituents is 1. The van der Waals surface area contributed by atoms with Crippen molar-refractivity contribution in [3.8, 4) is 5.75 Å². The predicted octanol–water partition coefficient (Wildman–Crippen LogP) is 0.963. The van der Waals surface area contributed by atoms with Gasteiger partial charge in [0.15, 0.2) is 0 Å². The molecule has 0 heterocycles. The minimum absolute atomic E-state index is 0.183. The molecule has 0 saturated heterocycles. The lowest BCUT2D eigenvalue weighted by Crippen LogP contribution is -2.32. The molecule has 4 heteroatoms. The van der Waals surface area contributed by atoms with Crippen molar-refractivity contribution in [3.63, 3.8) is 0 Å². The smallest absolute Gasteiger partial charge is 0.320 e. The summed E-state index contributed by atoms with van der Waals surface area (Å²) in [6.45, 7) is 3.68. The van der Waals surface area contributed by atoms with Gasteiger partial charge in [0, 0.05) is 0 Å². The molecule has 1 aromatic rings. The van der Waals surface area contributed by atoms with Crippen LogP contribution in [0.5, 0.6) is 5.75 Å². The number of phenols is 1. The van der Waals surface area contributed by atoms with Gasteiger partial charge in [0.25, 0.3) is 0 Å². The van der Waals surface area contributed by atoms with Crippen LogP contribution in [-0.4, -0.2) is 22.2 Å². The first kappa shape index (κ1) is 11.5. The molecule has 15 heavy (non-hydrogen) atoms. The quantitative estimate of drug-likeness (QED) is 0.692. The van der Waals surface area contributed by atoms with Crippen molar-refractivity contribution in [2.24, 2.45) is 5.73 Å². The molecule has 0 radical (unpaired) electrons. The van der Waals surface area contributed by atoms with Crippen molar-refractivity contribution in [1.29, 1.82) is 0 Å². The van der Waals surface area contributed by atoms with Gasteiger partial charge in [0.05, 0.1) is 0 Å². The summed E-state index contributed by atoms with van der Waals surface area (Å²) in [4.78, 5) is 10.6. The Morgan fingerprint density at radius 2 is 2.07 bits per heavy atom. The Bertz CT molecular complexity index is 364. The van der Waals surface area contributed by atoms with Crippen molar-refractivity contribution in [1.82, 2.24) is 0 Å². The first-order valence-electron chi connectivity index (χ1n) is 4.69. The van der Waals surface area contributed by atoms with Crippen molar-refractivity contribution in [2.75, 3.05) is 0 Å². The van der Waals surface area contributed by atoms with Crippen LogP contribution in [0.2, 0.25) is 0 Å². The van der Waals surface area contributed by atoms with E-state index in [-0.39, 0.29) is 12.2 Å². The lowest BCUT2D eigenvalue weighted by Gasteiger charge is -2.10. The summed E-state index contributed by atoms with van der Waals surface area (Å²) in [5.74, 6) is -0.852. The van der Waals surface area contributed by atoms with Gasteiger partial charge in [-0.1, -0.05) is 6.07 Å². The molecule has 1 unspecified atom stereocenters. The lowest BCUT2D eigenvalue weighted by molar-refractivity contribution is -0.138. The molecule has 0 bridgehead atoms. The lowest BCUT2D eigenvalue weighted by atomic mass is 10.0. The maximum Gasteiger partial charge on any atom is 0.320 e. The SMILES string of the molecule is Cc1cc(CC(N)C(=O)O)cc(O)c1C. The summed E-state index contributed by atoms with van der Waals surface area (Å²) in [6, 6.07) is 2.48. The zero-order chi connectivity index (χ0) is 11.6. The monoisotopic (exact) mass is 209 g/mol. The fourth-order valence-corrected chi connectivity index (χ4v) is 1.37. The standard InChI is InChI=1S/C11H15NO3/c1-6-3-8(4-9(12)11(14)15)5-10(13)7(6)2/h3,5,9,13H,4,12H2,1-2H3,(H,14,15). The van der Waals surface area contributed by atoms with E-state index in [1.807, 2.05) is 19.9 Å². The predicted molar refractivity (Wildman–Crippen MR) is 56.9 cm³/mol. The van der Waals surface area contributed by atoms with Crippen molar-refractivity contribution in [3.05, 3.63) is 28.8 Å². The molecule has 0 fully saturated rings. The number of rotatable bonds is 3. The van der Waals surface area contributed by atoms with Crippen LogP contribution in [0.3, 0.4) is 0 Å². The highest BCUT2D eigenvalue weighted by Crippen LogP contribution is 2.22. The van der Waals surface area contributed by atoms with E-state index in [1.54, 1.807) is 6.07 Å². The second kappa shape index (κ2) is 4.31. The average molecular weight is 209 g/mol. The molecule has 0 aliphatic heterocycles. The Morgan fingerprint density at radius 1 is 1.47 bits per heavy atom. The number of aliphatic carboxylic acids is 1. The van der Waals surface area contributed by atoms with Crippen molar-refractivity contribution in [2.45, 2.75) is 26.3 Å². The third-order valence-electron chi connectivity index (χ3n) is 2.47. The molecule has 82 valence electrons. The number of carboxylic acid groups (broad SMARTS) is 1. The van der Waals surface area contributed by atoms with Crippen LogP contribution in [0.4, 0.5) is 0 Å². The molecule has 1 aromatic carbocycles. The fourth-order valence-electron chi connectivity index (χ4n) is 1.37. The van der Waals surface area contributed by atoms with Gasteiger partial charge in [-0.2, -0.15) is 0 Å². The maximum atomic E-state index is 10.6. The first-order chi connectivity index (χ1) is 6.91.